The molecule has 1 rings (SSSR count). The maximum absolute atomic E-state index is 12.2. The molecule has 0 saturated carbocycles. The molecule has 4 nitrogen and oxygen atoms in total. The molecular weight excluding hydrogens is 262 g/mol. The van der Waals surface area contributed by atoms with Gasteiger partial charge >= 0.3 is 0 Å². The van der Waals surface area contributed by atoms with Gasteiger partial charge in [0.1, 0.15) is 0 Å². The van der Waals surface area contributed by atoms with E-state index in [0.717, 1.165) is 25.8 Å². The summed E-state index contributed by atoms with van der Waals surface area (Å²) in [6.45, 7) is 7.78. The van der Waals surface area contributed by atoms with Crippen molar-refractivity contribution in [2.45, 2.75) is 46.1 Å². The van der Waals surface area contributed by atoms with Gasteiger partial charge in [0.05, 0.1) is 18.2 Å². The molecule has 0 heterocycles. The number of carbonyl (C=O) groups excluding carboxylic acids is 1. The lowest BCUT2D eigenvalue weighted by Gasteiger charge is -2.27. The highest BCUT2D eigenvalue weighted by atomic mass is 16.2. The van der Waals surface area contributed by atoms with Gasteiger partial charge in [-0.05, 0) is 44.5 Å². The lowest BCUT2D eigenvalue weighted by Crippen LogP contribution is -2.39. The molecule has 4 heteroatoms. The Morgan fingerprint density at radius 1 is 1.43 bits per heavy atom. The minimum Gasteiger partial charge on any atom is -0.325 e. The fourth-order valence-electron chi connectivity index (χ4n) is 2.13. The first-order valence-electron chi connectivity index (χ1n) is 7.64. The molecule has 0 aliphatic rings. The van der Waals surface area contributed by atoms with Crippen molar-refractivity contribution in [3.05, 3.63) is 29.8 Å². The average Bonchev–Trinajstić information content (AvgIpc) is 2.50. The molecule has 1 atom stereocenters. The molecular formula is C17H25N3O. The number of carbonyl (C=O) groups is 1. The fraction of sp³-hybridized carbons (Fsp3) is 0.529. The van der Waals surface area contributed by atoms with Gasteiger partial charge in [-0.3, -0.25) is 9.69 Å². The van der Waals surface area contributed by atoms with Crippen molar-refractivity contribution in [1.82, 2.24) is 4.90 Å². The van der Waals surface area contributed by atoms with Gasteiger partial charge in [0.25, 0.3) is 0 Å². The second kappa shape index (κ2) is 9.15. The highest BCUT2D eigenvalue weighted by Gasteiger charge is 2.15. The minimum absolute atomic E-state index is 0.0264. The van der Waals surface area contributed by atoms with Gasteiger partial charge < -0.3 is 5.32 Å². The molecule has 1 N–H and O–H groups in total. The lowest BCUT2D eigenvalue weighted by molar-refractivity contribution is -0.117. The van der Waals surface area contributed by atoms with Crippen LogP contribution in [0.2, 0.25) is 0 Å². The van der Waals surface area contributed by atoms with Crippen LogP contribution in [-0.2, 0) is 4.79 Å². The van der Waals surface area contributed by atoms with E-state index in [-0.39, 0.29) is 5.91 Å². The summed E-state index contributed by atoms with van der Waals surface area (Å²) in [4.78, 5) is 14.4. The van der Waals surface area contributed by atoms with Crippen molar-refractivity contribution in [1.29, 1.82) is 5.26 Å². The minimum atomic E-state index is -0.0264. The summed E-state index contributed by atoms with van der Waals surface area (Å²) in [7, 11) is 0. The maximum Gasteiger partial charge on any atom is 0.238 e. The number of rotatable bonds is 8. The smallest absolute Gasteiger partial charge is 0.238 e. The highest BCUT2D eigenvalue weighted by molar-refractivity contribution is 5.92. The van der Waals surface area contributed by atoms with Gasteiger partial charge in [-0.25, -0.2) is 0 Å². The molecule has 0 aromatic heterocycles. The normalized spacial score (nSPS) is 12.0. The number of amides is 1. The molecule has 0 spiro atoms. The van der Waals surface area contributed by atoms with Crippen LogP contribution in [0.25, 0.3) is 0 Å². The Morgan fingerprint density at radius 3 is 2.81 bits per heavy atom. The number of hydrogen-bond acceptors (Lipinski definition) is 3. The number of unbranched alkanes of at least 4 members (excludes halogenated alkanes) is 1. The van der Waals surface area contributed by atoms with E-state index in [1.54, 1.807) is 24.3 Å². The molecule has 0 bridgehead atoms. The van der Waals surface area contributed by atoms with Crippen molar-refractivity contribution in [3.8, 4) is 6.07 Å². The van der Waals surface area contributed by atoms with E-state index in [0.29, 0.717) is 23.8 Å². The molecule has 0 saturated heterocycles. The summed E-state index contributed by atoms with van der Waals surface area (Å²) in [5.41, 5.74) is 1.23. The van der Waals surface area contributed by atoms with Gasteiger partial charge in [0.15, 0.2) is 0 Å². The third kappa shape index (κ3) is 5.97. The van der Waals surface area contributed by atoms with E-state index in [2.05, 4.69) is 37.1 Å². The number of benzene rings is 1. The molecule has 0 aliphatic heterocycles. The number of nitrogens with one attached hydrogen (secondary N) is 1. The first kappa shape index (κ1) is 17.2. The molecule has 0 fully saturated rings. The second-order valence-corrected chi connectivity index (χ2v) is 5.32. The largest absolute Gasteiger partial charge is 0.325 e. The zero-order valence-corrected chi connectivity index (χ0v) is 13.2. The highest BCUT2D eigenvalue weighted by Crippen LogP contribution is 2.11. The van der Waals surface area contributed by atoms with Crippen LogP contribution in [0.4, 0.5) is 5.69 Å². The zero-order valence-electron chi connectivity index (χ0n) is 13.2. The maximum atomic E-state index is 12.2. The van der Waals surface area contributed by atoms with Crippen molar-refractivity contribution in [3.63, 3.8) is 0 Å². The SMILES string of the molecule is CCCCN(CC(=O)Nc1cccc(C#N)c1)C(C)CC. The quantitative estimate of drug-likeness (QED) is 0.797. The molecule has 114 valence electrons. The molecule has 1 unspecified atom stereocenters. The van der Waals surface area contributed by atoms with Crippen molar-refractivity contribution in [2.24, 2.45) is 0 Å². The predicted molar refractivity (Wildman–Crippen MR) is 86.0 cm³/mol. The van der Waals surface area contributed by atoms with Crippen molar-refractivity contribution < 1.29 is 4.79 Å². The van der Waals surface area contributed by atoms with Crippen molar-refractivity contribution in [2.75, 3.05) is 18.4 Å². The monoisotopic (exact) mass is 287 g/mol. The van der Waals surface area contributed by atoms with E-state index in [9.17, 15) is 4.79 Å². The third-order valence-electron chi connectivity index (χ3n) is 3.64. The first-order chi connectivity index (χ1) is 10.1. The van der Waals surface area contributed by atoms with E-state index < -0.39 is 0 Å². The van der Waals surface area contributed by atoms with Gasteiger partial charge in [-0.15, -0.1) is 0 Å². The van der Waals surface area contributed by atoms with Crippen LogP contribution in [0.1, 0.15) is 45.6 Å². The number of anilines is 1. The van der Waals surface area contributed by atoms with Gasteiger partial charge in [-0.1, -0.05) is 26.3 Å². The Balaban J connectivity index is 2.62. The summed E-state index contributed by atoms with van der Waals surface area (Å²) in [6.07, 6.45) is 3.25. The van der Waals surface area contributed by atoms with E-state index >= 15 is 0 Å². The summed E-state index contributed by atoms with van der Waals surface area (Å²) in [5.74, 6) is -0.0264. The van der Waals surface area contributed by atoms with Crippen LogP contribution in [0.5, 0.6) is 0 Å². The molecule has 1 aromatic rings. The first-order valence-corrected chi connectivity index (χ1v) is 7.64. The molecule has 0 aliphatic carbocycles. The lowest BCUT2D eigenvalue weighted by atomic mass is 10.2. The van der Waals surface area contributed by atoms with Crippen LogP contribution in [0, 0.1) is 11.3 Å². The summed E-state index contributed by atoms with van der Waals surface area (Å²) < 4.78 is 0. The fourth-order valence-corrected chi connectivity index (χ4v) is 2.13. The van der Waals surface area contributed by atoms with E-state index in [4.69, 9.17) is 5.26 Å². The Kier molecular flexibility index (Phi) is 7.49. The third-order valence-corrected chi connectivity index (χ3v) is 3.64. The van der Waals surface area contributed by atoms with Crippen molar-refractivity contribution >= 4 is 11.6 Å². The van der Waals surface area contributed by atoms with Crippen LogP contribution < -0.4 is 5.32 Å². The second-order valence-electron chi connectivity index (χ2n) is 5.32. The summed E-state index contributed by atoms with van der Waals surface area (Å²) in [5, 5.41) is 11.7. The van der Waals surface area contributed by atoms with Gasteiger partial charge in [-0.2, -0.15) is 5.26 Å². The molecule has 1 amide bonds. The van der Waals surface area contributed by atoms with Crippen LogP contribution in [-0.4, -0.2) is 29.9 Å². The summed E-state index contributed by atoms with van der Waals surface area (Å²) >= 11 is 0. The number of nitrogens with zero attached hydrogens (tertiary/aromatic N) is 2. The van der Waals surface area contributed by atoms with Gasteiger partial charge in [0.2, 0.25) is 5.91 Å². The Bertz CT molecular complexity index is 493. The molecule has 21 heavy (non-hydrogen) atoms. The molecule has 1 aromatic carbocycles. The van der Waals surface area contributed by atoms with Crippen LogP contribution in [0.15, 0.2) is 24.3 Å². The van der Waals surface area contributed by atoms with E-state index in [1.807, 2.05) is 0 Å². The number of hydrogen-bond donors (Lipinski definition) is 1. The van der Waals surface area contributed by atoms with Crippen LogP contribution >= 0.6 is 0 Å². The summed E-state index contributed by atoms with van der Waals surface area (Å²) in [6, 6.07) is 9.47. The average molecular weight is 287 g/mol. The Hall–Kier alpha value is -1.86. The zero-order chi connectivity index (χ0) is 15.7. The topological polar surface area (TPSA) is 56.1 Å². The predicted octanol–water partition coefficient (Wildman–Crippen LogP) is 3.40. The Morgan fingerprint density at radius 2 is 2.19 bits per heavy atom. The van der Waals surface area contributed by atoms with E-state index in [1.165, 1.54) is 0 Å². The Labute approximate surface area is 127 Å². The number of nitriles is 1. The van der Waals surface area contributed by atoms with Crippen LogP contribution in [0.3, 0.4) is 0 Å². The molecule has 0 radical (unpaired) electrons. The standard InChI is InChI=1S/C17H25N3O/c1-4-6-10-20(14(3)5-2)13-17(21)19-16-9-7-8-15(11-16)12-18/h7-9,11,14H,4-6,10,13H2,1-3H3,(H,19,21). The van der Waals surface area contributed by atoms with Gasteiger partial charge in [0, 0.05) is 11.7 Å².